The summed E-state index contributed by atoms with van der Waals surface area (Å²) in [5, 5.41) is 10.7. The van der Waals surface area contributed by atoms with Gasteiger partial charge in [-0.15, -0.1) is 0 Å². The fourth-order valence-electron chi connectivity index (χ4n) is 3.11. The molecule has 20 heavy (non-hydrogen) atoms. The van der Waals surface area contributed by atoms with Crippen LogP contribution in [-0.2, 0) is 22.0 Å². The van der Waals surface area contributed by atoms with Crippen molar-refractivity contribution in [1.82, 2.24) is 4.72 Å². The van der Waals surface area contributed by atoms with E-state index in [1.807, 2.05) is 24.3 Å². The van der Waals surface area contributed by atoms with Crippen molar-refractivity contribution in [3.05, 3.63) is 35.4 Å². The molecule has 0 spiro atoms. The smallest absolute Gasteiger partial charge is 0.211 e. The Labute approximate surface area is 120 Å². The summed E-state index contributed by atoms with van der Waals surface area (Å²) < 4.78 is 26.6. The van der Waals surface area contributed by atoms with Crippen molar-refractivity contribution in [3.8, 4) is 0 Å². The number of aryl methyl sites for hydroxylation is 1. The minimum Gasteiger partial charge on any atom is -0.384 e. The van der Waals surface area contributed by atoms with E-state index in [1.165, 1.54) is 0 Å². The van der Waals surface area contributed by atoms with E-state index in [9.17, 15) is 13.5 Å². The average molecular weight is 295 g/mol. The first-order valence-corrected chi connectivity index (χ1v) is 8.92. The predicted molar refractivity (Wildman–Crippen MR) is 77.8 cm³/mol. The maximum Gasteiger partial charge on any atom is 0.211 e. The van der Waals surface area contributed by atoms with Crippen molar-refractivity contribution in [1.29, 1.82) is 0 Å². The third kappa shape index (κ3) is 2.75. The molecular formula is C15H21NO3S. The molecule has 0 aromatic heterocycles. The summed E-state index contributed by atoms with van der Waals surface area (Å²) in [5.41, 5.74) is 0.933. The van der Waals surface area contributed by atoms with Crippen molar-refractivity contribution in [3.63, 3.8) is 0 Å². The minimum absolute atomic E-state index is 0.0824. The zero-order valence-electron chi connectivity index (χ0n) is 11.5. The van der Waals surface area contributed by atoms with E-state index in [-0.39, 0.29) is 12.3 Å². The maximum atomic E-state index is 12.0. The quantitative estimate of drug-likeness (QED) is 0.866. The van der Waals surface area contributed by atoms with Gasteiger partial charge in [-0.2, -0.15) is 0 Å². The van der Waals surface area contributed by atoms with Crippen LogP contribution in [0, 0.1) is 5.92 Å². The van der Waals surface area contributed by atoms with Crippen LogP contribution in [0.25, 0.3) is 0 Å². The molecule has 0 aliphatic heterocycles. The highest BCUT2D eigenvalue weighted by atomic mass is 32.2. The molecule has 1 saturated carbocycles. The molecular weight excluding hydrogens is 274 g/mol. The molecule has 1 aromatic carbocycles. The Bertz CT molecular complexity index is 595. The summed E-state index contributed by atoms with van der Waals surface area (Å²) in [6, 6.07) is 7.72. The molecule has 1 aromatic rings. The van der Waals surface area contributed by atoms with E-state index < -0.39 is 15.6 Å². The van der Waals surface area contributed by atoms with E-state index in [4.69, 9.17) is 0 Å². The van der Waals surface area contributed by atoms with Crippen molar-refractivity contribution in [2.24, 2.45) is 5.92 Å². The highest BCUT2D eigenvalue weighted by molar-refractivity contribution is 7.89. The molecule has 1 unspecified atom stereocenters. The Balaban J connectivity index is 1.66. The summed E-state index contributed by atoms with van der Waals surface area (Å²) >= 11 is 0. The Morgan fingerprint density at radius 3 is 2.75 bits per heavy atom. The monoisotopic (exact) mass is 295 g/mol. The summed E-state index contributed by atoms with van der Waals surface area (Å²) in [5.74, 6) is 0.503. The first-order chi connectivity index (χ1) is 9.49. The largest absolute Gasteiger partial charge is 0.384 e. The second kappa shape index (κ2) is 5.13. The Morgan fingerprint density at radius 1 is 1.30 bits per heavy atom. The number of hydrogen-bond acceptors (Lipinski definition) is 3. The molecule has 2 N–H and O–H groups in total. The molecule has 2 aliphatic rings. The first-order valence-electron chi connectivity index (χ1n) is 7.27. The number of sulfonamides is 1. The number of nitrogens with one attached hydrogen (secondary N) is 1. The van der Waals surface area contributed by atoms with Crippen molar-refractivity contribution in [2.75, 3.05) is 12.3 Å². The second-order valence-electron chi connectivity index (χ2n) is 6.09. The normalized spacial score (nSPS) is 26.2. The molecule has 2 aliphatic carbocycles. The molecule has 1 fully saturated rings. The fraction of sp³-hybridized carbons (Fsp3) is 0.600. The zero-order chi connectivity index (χ0) is 14.2. The van der Waals surface area contributed by atoms with Crippen LogP contribution in [0.3, 0.4) is 0 Å². The first kappa shape index (κ1) is 14.0. The summed E-state index contributed by atoms with van der Waals surface area (Å²) in [4.78, 5) is 0. The molecule has 3 rings (SSSR count). The van der Waals surface area contributed by atoms with Gasteiger partial charge < -0.3 is 5.11 Å². The van der Waals surface area contributed by atoms with Crippen LogP contribution in [0.4, 0.5) is 0 Å². The van der Waals surface area contributed by atoms with Crippen LogP contribution in [0.15, 0.2) is 24.3 Å². The Hall–Kier alpha value is -0.910. The molecule has 4 nitrogen and oxygen atoms in total. The predicted octanol–water partition coefficient (Wildman–Crippen LogP) is 1.54. The lowest BCUT2D eigenvalue weighted by molar-refractivity contribution is 0.0441. The topological polar surface area (TPSA) is 66.4 Å². The standard InChI is InChI=1S/C15H21NO3S/c17-15(9-8-13-6-1-2-7-14(13)15)11-16-20(18,19)10-12-4-3-5-12/h1-2,6-7,12,16-17H,3-5,8-11H2. The van der Waals surface area contributed by atoms with Gasteiger partial charge >= 0.3 is 0 Å². The van der Waals surface area contributed by atoms with Crippen molar-refractivity contribution >= 4 is 10.0 Å². The lowest BCUT2D eigenvalue weighted by atomic mass is 9.87. The lowest BCUT2D eigenvalue weighted by Gasteiger charge is -2.27. The summed E-state index contributed by atoms with van der Waals surface area (Å²) in [6.07, 6.45) is 4.54. The van der Waals surface area contributed by atoms with Crippen LogP contribution in [0.2, 0.25) is 0 Å². The van der Waals surface area contributed by atoms with Crippen molar-refractivity contribution in [2.45, 2.75) is 37.7 Å². The molecule has 0 bridgehead atoms. The van der Waals surface area contributed by atoms with Gasteiger partial charge in [0, 0.05) is 6.54 Å². The van der Waals surface area contributed by atoms with E-state index in [0.29, 0.717) is 12.3 Å². The summed E-state index contributed by atoms with van der Waals surface area (Å²) in [6.45, 7) is 0.0824. The Kier molecular flexibility index (Phi) is 3.60. The number of hydrogen-bond donors (Lipinski definition) is 2. The third-order valence-electron chi connectivity index (χ3n) is 4.59. The van der Waals surface area contributed by atoms with E-state index in [2.05, 4.69) is 4.72 Å². The molecule has 0 radical (unpaired) electrons. The third-order valence-corrected chi connectivity index (χ3v) is 6.09. The molecule has 110 valence electrons. The number of aliphatic hydroxyl groups is 1. The van der Waals surface area contributed by atoms with Gasteiger partial charge in [0.15, 0.2) is 0 Å². The minimum atomic E-state index is -3.28. The lowest BCUT2D eigenvalue weighted by Crippen LogP contribution is -2.41. The summed E-state index contributed by atoms with van der Waals surface area (Å²) in [7, 11) is -3.28. The number of benzene rings is 1. The van der Waals surface area contributed by atoms with Gasteiger partial charge in [-0.05, 0) is 42.7 Å². The van der Waals surface area contributed by atoms with Crippen LogP contribution >= 0.6 is 0 Å². The molecule has 0 amide bonds. The van der Waals surface area contributed by atoms with Crippen LogP contribution in [0.5, 0.6) is 0 Å². The highest BCUT2D eigenvalue weighted by Crippen LogP contribution is 2.36. The van der Waals surface area contributed by atoms with Gasteiger partial charge in [0.05, 0.1) is 5.75 Å². The van der Waals surface area contributed by atoms with Gasteiger partial charge in [-0.1, -0.05) is 30.7 Å². The Morgan fingerprint density at radius 2 is 2.05 bits per heavy atom. The van der Waals surface area contributed by atoms with Gasteiger partial charge in [0.25, 0.3) is 0 Å². The van der Waals surface area contributed by atoms with E-state index >= 15 is 0 Å². The van der Waals surface area contributed by atoms with Gasteiger partial charge in [0.2, 0.25) is 10.0 Å². The van der Waals surface area contributed by atoms with Crippen molar-refractivity contribution < 1.29 is 13.5 Å². The van der Waals surface area contributed by atoms with Crippen LogP contribution in [0.1, 0.15) is 36.8 Å². The SMILES string of the molecule is O=S(=O)(CC1CCC1)NCC1(O)CCc2ccccc21. The average Bonchev–Trinajstić information content (AvgIpc) is 2.72. The van der Waals surface area contributed by atoms with Crippen LogP contribution in [-0.4, -0.2) is 25.8 Å². The van der Waals surface area contributed by atoms with Gasteiger partial charge in [0.1, 0.15) is 5.60 Å². The maximum absolute atomic E-state index is 12.0. The second-order valence-corrected chi connectivity index (χ2v) is 7.94. The van der Waals surface area contributed by atoms with Gasteiger partial charge in [-0.3, -0.25) is 0 Å². The fourth-order valence-corrected chi connectivity index (χ4v) is 4.64. The number of rotatable bonds is 5. The molecule has 0 saturated heterocycles. The number of fused-ring (bicyclic) bond motifs is 1. The molecule has 5 heteroatoms. The van der Waals surface area contributed by atoms with E-state index in [1.54, 1.807) is 0 Å². The molecule has 1 atom stereocenters. The van der Waals surface area contributed by atoms with Gasteiger partial charge in [-0.25, -0.2) is 13.1 Å². The molecule has 0 heterocycles. The highest BCUT2D eigenvalue weighted by Gasteiger charge is 2.37. The van der Waals surface area contributed by atoms with E-state index in [0.717, 1.165) is 36.8 Å². The zero-order valence-corrected chi connectivity index (χ0v) is 12.3. The van der Waals surface area contributed by atoms with Crippen LogP contribution < -0.4 is 4.72 Å².